The van der Waals surface area contributed by atoms with Gasteiger partial charge in [0.1, 0.15) is 12.4 Å². The van der Waals surface area contributed by atoms with Gasteiger partial charge in [-0.15, -0.1) is 0 Å². The molecule has 7 nitrogen and oxygen atoms in total. The summed E-state index contributed by atoms with van der Waals surface area (Å²) in [6.07, 6.45) is 0.540. The van der Waals surface area contributed by atoms with Gasteiger partial charge in [-0.2, -0.15) is 0 Å². The van der Waals surface area contributed by atoms with Gasteiger partial charge in [-0.05, 0) is 42.8 Å². The van der Waals surface area contributed by atoms with Gasteiger partial charge in [-0.1, -0.05) is 11.6 Å². The van der Waals surface area contributed by atoms with Gasteiger partial charge in [-0.3, -0.25) is 14.5 Å². The normalized spacial score (nSPS) is 12.9. The Morgan fingerprint density at radius 1 is 1.03 bits per heavy atom. The summed E-state index contributed by atoms with van der Waals surface area (Å²) >= 11 is 5.98. The molecule has 2 amide bonds. The number of esters is 1. The van der Waals surface area contributed by atoms with E-state index in [1.165, 1.54) is 25.3 Å². The van der Waals surface area contributed by atoms with Crippen LogP contribution < -0.4 is 4.74 Å². The van der Waals surface area contributed by atoms with Gasteiger partial charge in [0.25, 0.3) is 11.8 Å². The molecular weight excluding hydrogens is 398 g/mol. The predicted octanol–water partition coefficient (Wildman–Crippen LogP) is 3.34. The van der Waals surface area contributed by atoms with Gasteiger partial charge in [0.2, 0.25) is 0 Å². The zero-order valence-electron chi connectivity index (χ0n) is 16.1. The molecule has 1 aliphatic heterocycles. The summed E-state index contributed by atoms with van der Waals surface area (Å²) in [5.41, 5.74) is 1.28. The lowest BCUT2D eigenvalue weighted by molar-refractivity contribution is 0.0469. The number of imide groups is 1. The van der Waals surface area contributed by atoms with Gasteiger partial charge in [0, 0.05) is 30.8 Å². The molecule has 0 spiro atoms. The maximum atomic E-state index is 12.6. The molecule has 3 rings (SSSR count). The Balaban J connectivity index is 1.72. The molecule has 29 heavy (non-hydrogen) atoms. The molecule has 2 aromatic rings. The third-order valence-corrected chi connectivity index (χ3v) is 4.77. The van der Waals surface area contributed by atoms with Crippen LogP contribution in [-0.2, 0) is 16.1 Å². The fourth-order valence-electron chi connectivity index (χ4n) is 3.07. The van der Waals surface area contributed by atoms with E-state index in [-0.39, 0.29) is 35.7 Å². The van der Waals surface area contributed by atoms with Crippen molar-refractivity contribution in [1.29, 1.82) is 0 Å². The van der Waals surface area contributed by atoms with E-state index >= 15 is 0 Å². The monoisotopic (exact) mass is 417 g/mol. The van der Waals surface area contributed by atoms with Crippen LogP contribution in [0, 0.1) is 0 Å². The van der Waals surface area contributed by atoms with Gasteiger partial charge in [0.05, 0.1) is 23.8 Å². The topological polar surface area (TPSA) is 82.1 Å². The van der Waals surface area contributed by atoms with Crippen molar-refractivity contribution in [3.05, 3.63) is 63.7 Å². The Labute approximate surface area is 173 Å². The molecule has 2 aromatic carbocycles. The fourth-order valence-corrected chi connectivity index (χ4v) is 3.27. The molecule has 1 heterocycles. The number of methoxy groups -OCH3 is 2. The second-order valence-corrected chi connectivity index (χ2v) is 6.84. The Morgan fingerprint density at radius 2 is 1.79 bits per heavy atom. The number of hydrogen-bond acceptors (Lipinski definition) is 6. The number of carbonyl (C=O) groups is 3. The van der Waals surface area contributed by atoms with E-state index < -0.39 is 11.9 Å². The van der Waals surface area contributed by atoms with Crippen molar-refractivity contribution in [1.82, 2.24) is 4.90 Å². The average Bonchev–Trinajstić information content (AvgIpc) is 2.96. The summed E-state index contributed by atoms with van der Waals surface area (Å²) in [4.78, 5) is 38.6. The Kier molecular flexibility index (Phi) is 6.51. The number of hydrogen-bond donors (Lipinski definition) is 0. The number of halogens is 1. The molecule has 0 bridgehead atoms. The van der Waals surface area contributed by atoms with Crippen LogP contribution in [0.2, 0.25) is 5.02 Å². The number of amides is 2. The highest BCUT2D eigenvalue weighted by Crippen LogP contribution is 2.26. The van der Waals surface area contributed by atoms with Crippen molar-refractivity contribution in [3.8, 4) is 5.75 Å². The van der Waals surface area contributed by atoms with Gasteiger partial charge >= 0.3 is 5.97 Å². The first-order valence-corrected chi connectivity index (χ1v) is 9.32. The quantitative estimate of drug-likeness (QED) is 0.372. The zero-order valence-corrected chi connectivity index (χ0v) is 16.8. The highest BCUT2D eigenvalue weighted by Gasteiger charge is 2.35. The summed E-state index contributed by atoms with van der Waals surface area (Å²) in [6, 6.07) is 9.35. The molecule has 0 atom stereocenters. The highest BCUT2D eigenvalue weighted by molar-refractivity contribution is 6.30. The standard InChI is InChI=1S/C21H20ClNO6/c1-27-9-3-8-23-19(24)16-6-4-13(11-17(16)20(23)25)21(26)29-12-14-10-15(22)5-7-18(14)28-2/h4-7,10-11H,3,8-9,12H2,1-2H3. The minimum absolute atomic E-state index is 0.0460. The molecular formula is C21H20ClNO6. The summed E-state index contributed by atoms with van der Waals surface area (Å²) in [5, 5.41) is 0.493. The second kappa shape index (κ2) is 9.07. The van der Waals surface area contributed by atoms with Gasteiger partial charge in [-0.25, -0.2) is 4.79 Å². The first kappa shape index (κ1) is 20.8. The number of fused-ring (bicyclic) bond motifs is 1. The Bertz CT molecular complexity index is 958. The summed E-state index contributed by atoms with van der Waals surface area (Å²) in [7, 11) is 3.06. The fraction of sp³-hybridized carbons (Fsp3) is 0.286. The number of benzene rings is 2. The average molecular weight is 418 g/mol. The molecule has 0 aromatic heterocycles. The minimum atomic E-state index is -0.618. The molecule has 0 fully saturated rings. The van der Waals surface area contributed by atoms with E-state index in [2.05, 4.69) is 0 Å². The van der Waals surface area contributed by atoms with E-state index in [1.54, 1.807) is 25.3 Å². The predicted molar refractivity (Wildman–Crippen MR) is 105 cm³/mol. The molecule has 0 aliphatic carbocycles. The third kappa shape index (κ3) is 4.41. The summed E-state index contributed by atoms with van der Waals surface area (Å²) in [6.45, 7) is 0.655. The minimum Gasteiger partial charge on any atom is -0.496 e. The van der Waals surface area contributed by atoms with Crippen molar-refractivity contribution in [2.45, 2.75) is 13.0 Å². The van der Waals surface area contributed by atoms with Crippen molar-refractivity contribution >= 4 is 29.4 Å². The lowest BCUT2D eigenvalue weighted by atomic mass is 10.1. The molecule has 0 N–H and O–H groups in total. The van der Waals surface area contributed by atoms with E-state index in [1.807, 2.05) is 0 Å². The molecule has 152 valence electrons. The Hall–Kier alpha value is -2.90. The number of ether oxygens (including phenoxy) is 3. The molecule has 0 radical (unpaired) electrons. The van der Waals surface area contributed by atoms with E-state index in [9.17, 15) is 14.4 Å². The molecule has 0 unspecified atom stereocenters. The summed E-state index contributed by atoms with van der Waals surface area (Å²) in [5.74, 6) is -0.867. The first-order chi connectivity index (χ1) is 14.0. The van der Waals surface area contributed by atoms with Crippen LogP contribution in [0.15, 0.2) is 36.4 Å². The van der Waals surface area contributed by atoms with Crippen LogP contribution >= 0.6 is 11.6 Å². The van der Waals surface area contributed by atoms with Crippen LogP contribution in [0.4, 0.5) is 0 Å². The second-order valence-electron chi connectivity index (χ2n) is 6.40. The lowest BCUT2D eigenvalue weighted by Gasteiger charge is -2.12. The number of nitrogens with zero attached hydrogens (tertiary/aromatic N) is 1. The molecule has 0 saturated carbocycles. The van der Waals surface area contributed by atoms with Crippen LogP contribution in [-0.4, -0.2) is 50.1 Å². The molecule has 8 heteroatoms. The van der Waals surface area contributed by atoms with E-state index in [0.717, 1.165) is 4.90 Å². The number of carbonyl (C=O) groups excluding carboxylic acids is 3. The number of rotatable bonds is 8. The molecule has 0 saturated heterocycles. The third-order valence-electron chi connectivity index (χ3n) is 4.54. The Morgan fingerprint density at radius 3 is 2.52 bits per heavy atom. The maximum absolute atomic E-state index is 12.6. The largest absolute Gasteiger partial charge is 0.496 e. The maximum Gasteiger partial charge on any atom is 0.338 e. The van der Waals surface area contributed by atoms with Crippen LogP contribution in [0.3, 0.4) is 0 Å². The smallest absolute Gasteiger partial charge is 0.338 e. The van der Waals surface area contributed by atoms with Crippen molar-refractivity contribution in [2.24, 2.45) is 0 Å². The zero-order chi connectivity index (χ0) is 21.0. The lowest BCUT2D eigenvalue weighted by Crippen LogP contribution is -2.31. The van der Waals surface area contributed by atoms with Crippen molar-refractivity contribution < 1.29 is 28.6 Å². The van der Waals surface area contributed by atoms with Crippen molar-refractivity contribution in [3.63, 3.8) is 0 Å². The van der Waals surface area contributed by atoms with Gasteiger partial charge < -0.3 is 14.2 Å². The van der Waals surface area contributed by atoms with Crippen LogP contribution in [0.1, 0.15) is 43.1 Å². The van der Waals surface area contributed by atoms with Crippen molar-refractivity contribution in [2.75, 3.05) is 27.4 Å². The SMILES string of the molecule is COCCCN1C(=O)c2ccc(C(=O)OCc3cc(Cl)ccc3OC)cc2C1=O. The summed E-state index contributed by atoms with van der Waals surface area (Å²) < 4.78 is 15.5. The highest BCUT2D eigenvalue weighted by atomic mass is 35.5. The van der Waals surface area contributed by atoms with Crippen LogP contribution in [0.5, 0.6) is 5.75 Å². The van der Waals surface area contributed by atoms with Crippen LogP contribution in [0.25, 0.3) is 0 Å². The van der Waals surface area contributed by atoms with E-state index in [0.29, 0.717) is 29.4 Å². The first-order valence-electron chi connectivity index (χ1n) is 8.95. The van der Waals surface area contributed by atoms with E-state index in [4.69, 9.17) is 25.8 Å². The molecule has 1 aliphatic rings. The van der Waals surface area contributed by atoms with Gasteiger partial charge in [0.15, 0.2) is 0 Å².